The number of rotatable bonds is 4. The Hall–Kier alpha value is -0.580. The molecule has 94 valence electrons. The third kappa shape index (κ3) is 2.81. The average Bonchev–Trinajstić information content (AvgIpc) is 2.84. The fourth-order valence-electron chi connectivity index (χ4n) is 2.51. The number of halogens is 1. The molecule has 0 spiro atoms. The van der Waals surface area contributed by atoms with E-state index in [0.717, 1.165) is 23.3 Å². The highest BCUT2D eigenvalue weighted by Crippen LogP contribution is 2.32. The van der Waals surface area contributed by atoms with Crippen LogP contribution in [0, 0.1) is 5.92 Å². The molecule has 2 N–H and O–H groups in total. The first-order chi connectivity index (χ1) is 8.26. The van der Waals surface area contributed by atoms with E-state index in [0.29, 0.717) is 12.0 Å². The summed E-state index contributed by atoms with van der Waals surface area (Å²) in [7, 11) is 3.72. The predicted molar refractivity (Wildman–Crippen MR) is 73.5 cm³/mol. The van der Waals surface area contributed by atoms with Crippen molar-refractivity contribution in [3.05, 3.63) is 28.2 Å². The van der Waals surface area contributed by atoms with Crippen molar-refractivity contribution < 1.29 is 4.74 Å². The maximum atomic E-state index is 5.26. The van der Waals surface area contributed by atoms with Crippen LogP contribution in [0.2, 0.25) is 0 Å². The van der Waals surface area contributed by atoms with Gasteiger partial charge < -0.3 is 15.4 Å². The van der Waals surface area contributed by atoms with Crippen LogP contribution in [0.3, 0.4) is 0 Å². The van der Waals surface area contributed by atoms with Crippen molar-refractivity contribution in [2.75, 3.05) is 27.2 Å². The van der Waals surface area contributed by atoms with E-state index in [4.69, 9.17) is 4.74 Å². The number of hydrogen-bond donors (Lipinski definition) is 2. The van der Waals surface area contributed by atoms with Crippen LogP contribution in [0.5, 0.6) is 5.75 Å². The number of benzene rings is 1. The lowest BCUT2D eigenvalue weighted by Crippen LogP contribution is -2.26. The molecule has 1 fully saturated rings. The first-order valence-corrected chi connectivity index (χ1v) is 6.77. The molecular formula is C13H19BrN2O. The van der Waals surface area contributed by atoms with Gasteiger partial charge in [-0.3, -0.25) is 0 Å². The Morgan fingerprint density at radius 1 is 1.53 bits per heavy atom. The smallest absolute Gasteiger partial charge is 0.133 e. The van der Waals surface area contributed by atoms with Crippen LogP contribution in [0.4, 0.5) is 0 Å². The molecule has 1 aromatic rings. The van der Waals surface area contributed by atoms with Crippen molar-refractivity contribution in [3.63, 3.8) is 0 Å². The summed E-state index contributed by atoms with van der Waals surface area (Å²) in [6, 6.07) is 6.72. The van der Waals surface area contributed by atoms with Gasteiger partial charge in [0.15, 0.2) is 0 Å². The van der Waals surface area contributed by atoms with E-state index in [1.54, 1.807) is 7.11 Å². The molecule has 1 saturated heterocycles. The van der Waals surface area contributed by atoms with Crippen molar-refractivity contribution in [1.82, 2.24) is 10.6 Å². The van der Waals surface area contributed by atoms with E-state index in [-0.39, 0.29) is 0 Å². The Labute approximate surface area is 111 Å². The fraction of sp³-hybridized carbons (Fsp3) is 0.538. The second-order valence-electron chi connectivity index (χ2n) is 4.41. The van der Waals surface area contributed by atoms with Gasteiger partial charge in [0.1, 0.15) is 5.75 Å². The summed E-state index contributed by atoms with van der Waals surface area (Å²) in [5.74, 6) is 1.55. The summed E-state index contributed by atoms with van der Waals surface area (Å²) in [5.41, 5.74) is 1.31. The van der Waals surface area contributed by atoms with Crippen molar-refractivity contribution in [2.45, 2.75) is 12.5 Å². The molecule has 0 amide bonds. The molecule has 0 radical (unpaired) electrons. The third-order valence-corrected chi connectivity index (χ3v) is 4.04. The van der Waals surface area contributed by atoms with Crippen LogP contribution in [0.15, 0.2) is 22.7 Å². The normalized spacial score (nSPS) is 21.5. The van der Waals surface area contributed by atoms with Crippen LogP contribution in [-0.4, -0.2) is 27.2 Å². The average molecular weight is 299 g/mol. The lowest BCUT2D eigenvalue weighted by Gasteiger charge is -2.23. The second kappa shape index (κ2) is 5.85. The lowest BCUT2D eigenvalue weighted by atomic mass is 9.92. The minimum Gasteiger partial charge on any atom is -0.496 e. The van der Waals surface area contributed by atoms with Crippen LogP contribution >= 0.6 is 15.9 Å². The highest BCUT2D eigenvalue weighted by Gasteiger charge is 2.25. The topological polar surface area (TPSA) is 33.3 Å². The Balaban J connectivity index is 2.21. The second-order valence-corrected chi connectivity index (χ2v) is 5.27. The van der Waals surface area contributed by atoms with Crippen molar-refractivity contribution in [2.24, 2.45) is 5.92 Å². The maximum Gasteiger partial charge on any atom is 0.133 e. The van der Waals surface area contributed by atoms with Crippen LogP contribution < -0.4 is 15.4 Å². The standard InChI is InChI=1S/C13H19BrN2O/c1-15-13(10-5-6-16-8-10)9-3-4-12(17-2)11(14)7-9/h3-4,7,10,13,15-16H,5-6,8H2,1-2H3. The first-order valence-electron chi connectivity index (χ1n) is 5.97. The Morgan fingerprint density at radius 2 is 2.35 bits per heavy atom. The maximum absolute atomic E-state index is 5.26. The number of methoxy groups -OCH3 is 1. The zero-order valence-electron chi connectivity index (χ0n) is 10.3. The third-order valence-electron chi connectivity index (χ3n) is 3.42. The quantitative estimate of drug-likeness (QED) is 0.895. The predicted octanol–water partition coefficient (Wildman–Crippen LogP) is 2.33. The van der Waals surface area contributed by atoms with Crippen molar-refractivity contribution in [1.29, 1.82) is 0 Å². The van der Waals surface area contributed by atoms with Gasteiger partial charge >= 0.3 is 0 Å². The van der Waals surface area contributed by atoms with E-state index in [9.17, 15) is 0 Å². The van der Waals surface area contributed by atoms with Crippen LogP contribution in [-0.2, 0) is 0 Å². The summed E-state index contributed by atoms with van der Waals surface area (Å²) in [5, 5.41) is 6.84. The molecule has 0 saturated carbocycles. The van der Waals surface area contributed by atoms with E-state index >= 15 is 0 Å². The number of nitrogens with one attached hydrogen (secondary N) is 2. The Morgan fingerprint density at radius 3 is 2.88 bits per heavy atom. The van der Waals surface area contributed by atoms with E-state index in [1.807, 2.05) is 13.1 Å². The molecule has 4 heteroatoms. The van der Waals surface area contributed by atoms with Gasteiger partial charge in [-0.25, -0.2) is 0 Å². The molecule has 0 aromatic heterocycles. The highest BCUT2D eigenvalue weighted by molar-refractivity contribution is 9.10. The SMILES string of the molecule is CNC(c1ccc(OC)c(Br)c1)C1CCNC1. The van der Waals surface area contributed by atoms with Gasteiger partial charge in [-0.2, -0.15) is 0 Å². The number of ether oxygens (including phenoxy) is 1. The van der Waals surface area contributed by atoms with Gasteiger partial charge in [0.2, 0.25) is 0 Å². The molecule has 1 aromatic carbocycles. The largest absolute Gasteiger partial charge is 0.496 e. The molecule has 1 aliphatic rings. The molecule has 1 heterocycles. The molecule has 1 aliphatic heterocycles. The zero-order chi connectivity index (χ0) is 12.3. The molecule has 2 rings (SSSR count). The van der Waals surface area contributed by atoms with E-state index < -0.39 is 0 Å². The van der Waals surface area contributed by atoms with Gasteiger partial charge in [-0.05, 0) is 66.1 Å². The Kier molecular flexibility index (Phi) is 4.42. The molecular weight excluding hydrogens is 280 g/mol. The molecule has 3 nitrogen and oxygen atoms in total. The monoisotopic (exact) mass is 298 g/mol. The van der Waals surface area contributed by atoms with Gasteiger partial charge in [0, 0.05) is 6.04 Å². The summed E-state index contributed by atoms with van der Waals surface area (Å²) >= 11 is 3.54. The van der Waals surface area contributed by atoms with Crippen LogP contribution in [0.1, 0.15) is 18.0 Å². The van der Waals surface area contributed by atoms with E-state index in [2.05, 4.69) is 38.7 Å². The minimum absolute atomic E-state index is 0.409. The van der Waals surface area contributed by atoms with Gasteiger partial charge in [-0.15, -0.1) is 0 Å². The fourth-order valence-corrected chi connectivity index (χ4v) is 3.07. The van der Waals surface area contributed by atoms with Gasteiger partial charge in [0.05, 0.1) is 11.6 Å². The molecule has 2 unspecified atom stereocenters. The zero-order valence-corrected chi connectivity index (χ0v) is 11.9. The first kappa shape index (κ1) is 12.9. The van der Waals surface area contributed by atoms with Crippen molar-refractivity contribution in [3.8, 4) is 5.75 Å². The highest BCUT2D eigenvalue weighted by atomic mass is 79.9. The van der Waals surface area contributed by atoms with Crippen molar-refractivity contribution >= 4 is 15.9 Å². The number of hydrogen-bond acceptors (Lipinski definition) is 3. The molecule has 2 atom stereocenters. The molecule has 17 heavy (non-hydrogen) atoms. The summed E-state index contributed by atoms with van der Waals surface area (Å²) in [6.45, 7) is 2.22. The van der Waals surface area contributed by atoms with Gasteiger partial charge in [0.25, 0.3) is 0 Å². The van der Waals surface area contributed by atoms with Gasteiger partial charge in [-0.1, -0.05) is 6.07 Å². The summed E-state index contributed by atoms with van der Waals surface area (Å²) < 4.78 is 6.28. The summed E-state index contributed by atoms with van der Waals surface area (Å²) in [6.07, 6.45) is 1.23. The van der Waals surface area contributed by atoms with Crippen LogP contribution in [0.25, 0.3) is 0 Å². The van der Waals surface area contributed by atoms with E-state index in [1.165, 1.54) is 12.0 Å². The Bertz CT molecular complexity index is 378. The summed E-state index contributed by atoms with van der Waals surface area (Å²) in [4.78, 5) is 0. The molecule has 0 bridgehead atoms. The minimum atomic E-state index is 0.409. The molecule has 0 aliphatic carbocycles. The lowest BCUT2D eigenvalue weighted by molar-refractivity contribution is 0.402.